The van der Waals surface area contributed by atoms with Crippen LogP contribution in [0, 0.1) is 22.7 Å². The minimum atomic E-state index is 0.0371. The zero-order valence-corrected chi connectivity index (χ0v) is 10.5. The van der Waals surface area contributed by atoms with Crippen LogP contribution < -0.4 is 0 Å². The molecule has 2 heteroatoms. The van der Waals surface area contributed by atoms with Crippen molar-refractivity contribution in [3.05, 3.63) is 0 Å². The lowest BCUT2D eigenvalue weighted by Gasteiger charge is -2.41. The van der Waals surface area contributed by atoms with Gasteiger partial charge in [0, 0.05) is 13.2 Å². The molecule has 0 aliphatic carbocycles. The predicted octanol–water partition coefficient (Wildman–Crippen LogP) is 2.30. The maximum Gasteiger partial charge on any atom is 0.0467 e. The van der Waals surface area contributed by atoms with Gasteiger partial charge < -0.3 is 10.2 Å². The van der Waals surface area contributed by atoms with Gasteiger partial charge in [0.15, 0.2) is 0 Å². The first-order chi connectivity index (χ1) is 6.14. The van der Waals surface area contributed by atoms with Crippen LogP contribution in [-0.2, 0) is 0 Å². The second kappa shape index (κ2) is 4.63. The van der Waals surface area contributed by atoms with E-state index in [4.69, 9.17) is 0 Å². The molecule has 0 amide bonds. The summed E-state index contributed by atoms with van der Waals surface area (Å²) in [6, 6.07) is 0. The van der Waals surface area contributed by atoms with Crippen molar-refractivity contribution < 1.29 is 10.2 Å². The van der Waals surface area contributed by atoms with E-state index >= 15 is 0 Å². The molecule has 0 aliphatic heterocycles. The summed E-state index contributed by atoms with van der Waals surface area (Å²) in [5.41, 5.74) is 0.0743. The van der Waals surface area contributed by atoms with E-state index < -0.39 is 0 Å². The maximum absolute atomic E-state index is 9.42. The molecular weight excluding hydrogens is 176 g/mol. The van der Waals surface area contributed by atoms with Gasteiger partial charge >= 0.3 is 0 Å². The Labute approximate surface area is 88.3 Å². The Morgan fingerprint density at radius 2 is 0.929 bits per heavy atom. The summed E-state index contributed by atoms with van der Waals surface area (Å²) in [6.45, 7) is 13.0. The molecule has 0 aromatic carbocycles. The molecule has 2 atom stereocenters. The molecule has 0 heterocycles. The van der Waals surface area contributed by atoms with Gasteiger partial charge in [0.05, 0.1) is 0 Å². The van der Waals surface area contributed by atoms with Crippen molar-refractivity contribution in [2.45, 2.75) is 41.5 Å². The number of aliphatic hydroxyl groups excluding tert-OH is 2. The Kier molecular flexibility index (Phi) is 4.60. The molecule has 2 unspecified atom stereocenters. The number of hydrogen-bond donors (Lipinski definition) is 2. The van der Waals surface area contributed by atoms with Gasteiger partial charge in [0.25, 0.3) is 0 Å². The minimum Gasteiger partial charge on any atom is -0.396 e. The van der Waals surface area contributed by atoms with Crippen molar-refractivity contribution in [3.63, 3.8) is 0 Å². The van der Waals surface area contributed by atoms with Gasteiger partial charge in [0.2, 0.25) is 0 Å². The average Bonchev–Trinajstić information content (AvgIpc) is 1.94. The van der Waals surface area contributed by atoms with Crippen LogP contribution in [0.15, 0.2) is 0 Å². The molecule has 0 aromatic heterocycles. The Morgan fingerprint density at radius 3 is 1.00 bits per heavy atom. The summed E-state index contributed by atoms with van der Waals surface area (Å²) >= 11 is 0. The number of rotatable bonds is 3. The molecule has 14 heavy (non-hydrogen) atoms. The molecule has 2 nitrogen and oxygen atoms in total. The van der Waals surface area contributed by atoms with E-state index in [2.05, 4.69) is 41.5 Å². The van der Waals surface area contributed by atoms with Crippen molar-refractivity contribution in [2.24, 2.45) is 22.7 Å². The van der Waals surface area contributed by atoms with Crippen molar-refractivity contribution >= 4 is 0 Å². The van der Waals surface area contributed by atoms with Crippen LogP contribution in [0.1, 0.15) is 41.5 Å². The lowest BCUT2D eigenvalue weighted by atomic mass is 9.65. The highest BCUT2D eigenvalue weighted by Crippen LogP contribution is 2.40. The van der Waals surface area contributed by atoms with E-state index in [1.165, 1.54) is 0 Å². The largest absolute Gasteiger partial charge is 0.396 e. The summed E-state index contributed by atoms with van der Waals surface area (Å²) in [7, 11) is 0. The standard InChI is InChI=1S/C12H26O2/c1-11(2,3)9(7-13)10(8-14)12(4,5)6/h9-10,13-14H,7-8H2,1-6H3. The molecule has 0 fully saturated rings. The Balaban J connectivity index is 4.81. The molecule has 0 saturated carbocycles. The van der Waals surface area contributed by atoms with Crippen LogP contribution in [0.4, 0.5) is 0 Å². The normalized spacial score (nSPS) is 18.0. The molecular formula is C12H26O2. The van der Waals surface area contributed by atoms with Gasteiger partial charge in [-0.25, -0.2) is 0 Å². The van der Waals surface area contributed by atoms with Crippen molar-refractivity contribution in [3.8, 4) is 0 Å². The zero-order valence-electron chi connectivity index (χ0n) is 10.5. The van der Waals surface area contributed by atoms with E-state index in [0.29, 0.717) is 0 Å². The average molecular weight is 202 g/mol. The second-order valence-corrected chi connectivity index (χ2v) is 6.31. The van der Waals surface area contributed by atoms with E-state index in [1.54, 1.807) is 0 Å². The van der Waals surface area contributed by atoms with Gasteiger partial charge in [-0.2, -0.15) is 0 Å². The van der Waals surface area contributed by atoms with Gasteiger partial charge in [0.1, 0.15) is 0 Å². The fourth-order valence-corrected chi connectivity index (χ4v) is 2.01. The SMILES string of the molecule is CC(C)(C)C(CO)C(CO)C(C)(C)C. The Bertz CT molecular complexity index is 142. The summed E-state index contributed by atoms with van der Waals surface area (Å²) in [6.07, 6.45) is 0. The van der Waals surface area contributed by atoms with Gasteiger partial charge in [-0.1, -0.05) is 41.5 Å². The highest BCUT2D eigenvalue weighted by molar-refractivity contribution is 4.86. The van der Waals surface area contributed by atoms with Crippen molar-refractivity contribution in [1.29, 1.82) is 0 Å². The molecule has 2 N–H and O–H groups in total. The minimum absolute atomic E-state index is 0.0371. The maximum atomic E-state index is 9.42. The number of aliphatic hydroxyl groups is 2. The van der Waals surface area contributed by atoms with E-state index in [1.807, 2.05) is 0 Å². The first-order valence-corrected chi connectivity index (χ1v) is 5.36. The lowest BCUT2D eigenvalue weighted by molar-refractivity contribution is -0.00782. The third kappa shape index (κ3) is 3.58. The van der Waals surface area contributed by atoms with Crippen LogP contribution in [0.25, 0.3) is 0 Å². The molecule has 86 valence electrons. The fourth-order valence-electron chi connectivity index (χ4n) is 2.01. The first-order valence-electron chi connectivity index (χ1n) is 5.36. The molecule has 0 rings (SSSR count). The molecule has 0 radical (unpaired) electrons. The highest BCUT2D eigenvalue weighted by atomic mass is 16.3. The van der Waals surface area contributed by atoms with Gasteiger partial charge in [-0.05, 0) is 22.7 Å². The summed E-state index contributed by atoms with van der Waals surface area (Å²) in [5.74, 6) is 0.292. The monoisotopic (exact) mass is 202 g/mol. The smallest absolute Gasteiger partial charge is 0.0467 e. The van der Waals surface area contributed by atoms with Crippen molar-refractivity contribution in [1.82, 2.24) is 0 Å². The van der Waals surface area contributed by atoms with Crippen LogP contribution in [-0.4, -0.2) is 23.4 Å². The summed E-state index contributed by atoms with van der Waals surface area (Å²) in [5, 5.41) is 18.8. The molecule has 0 saturated heterocycles. The number of hydrogen-bond acceptors (Lipinski definition) is 2. The first kappa shape index (κ1) is 13.9. The van der Waals surface area contributed by atoms with Gasteiger partial charge in [-0.15, -0.1) is 0 Å². The van der Waals surface area contributed by atoms with E-state index in [-0.39, 0.29) is 35.9 Å². The summed E-state index contributed by atoms with van der Waals surface area (Å²) in [4.78, 5) is 0. The molecule has 0 bridgehead atoms. The zero-order chi connectivity index (χ0) is 11.6. The third-order valence-electron chi connectivity index (χ3n) is 3.10. The molecule has 0 aromatic rings. The van der Waals surface area contributed by atoms with Crippen LogP contribution in [0.3, 0.4) is 0 Å². The fraction of sp³-hybridized carbons (Fsp3) is 1.00. The van der Waals surface area contributed by atoms with E-state index in [0.717, 1.165) is 0 Å². The quantitative estimate of drug-likeness (QED) is 0.737. The second-order valence-electron chi connectivity index (χ2n) is 6.31. The predicted molar refractivity (Wildman–Crippen MR) is 60.1 cm³/mol. The topological polar surface area (TPSA) is 40.5 Å². The van der Waals surface area contributed by atoms with Gasteiger partial charge in [-0.3, -0.25) is 0 Å². The Morgan fingerprint density at radius 1 is 0.714 bits per heavy atom. The molecule has 0 spiro atoms. The summed E-state index contributed by atoms with van der Waals surface area (Å²) < 4.78 is 0. The van der Waals surface area contributed by atoms with Crippen LogP contribution >= 0.6 is 0 Å². The molecule has 0 aliphatic rings. The lowest BCUT2D eigenvalue weighted by Crippen LogP contribution is -2.40. The van der Waals surface area contributed by atoms with Crippen molar-refractivity contribution in [2.75, 3.05) is 13.2 Å². The highest BCUT2D eigenvalue weighted by Gasteiger charge is 2.37. The van der Waals surface area contributed by atoms with E-state index in [9.17, 15) is 10.2 Å². The Hall–Kier alpha value is -0.0800. The van der Waals surface area contributed by atoms with Crippen LogP contribution in [0.5, 0.6) is 0 Å². The third-order valence-corrected chi connectivity index (χ3v) is 3.10. The van der Waals surface area contributed by atoms with Crippen LogP contribution in [0.2, 0.25) is 0 Å².